The van der Waals surface area contributed by atoms with Crippen molar-refractivity contribution in [1.82, 2.24) is 19.9 Å². The zero-order chi connectivity index (χ0) is 14.8. The van der Waals surface area contributed by atoms with Gasteiger partial charge >= 0.3 is 6.09 Å². The minimum Gasteiger partial charge on any atom is -0.444 e. The van der Waals surface area contributed by atoms with Gasteiger partial charge in [0.25, 0.3) is 0 Å². The van der Waals surface area contributed by atoms with E-state index in [0.717, 1.165) is 0 Å². The Morgan fingerprint density at radius 1 is 1.42 bits per heavy atom. The van der Waals surface area contributed by atoms with Crippen LogP contribution in [0.2, 0.25) is 0 Å². The van der Waals surface area contributed by atoms with Crippen LogP contribution >= 0.6 is 0 Å². The molecule has 0 aromatic carbocycles. The highest BCUT2D eigenvalue weighted by Crippen LogP contribution is 2.24. The number of aldehydes is 1. The number of hydrogen-bond acceptors (Lipinski definition) is 5. The van der Waals surface area contributed by atoms with Crippen LogP contribution in [0, 0.1) is 0 Å². The molecule has 0 radical (unpaired) electrons. The monoisotopic (exact) mass is 268 g/mol. The van der Waals surface area contributed by atoms with Crippen LogP contribution in [0.25, 0.3) is 0 Å². The zero-order valence-electron chi connectivity index (χ0n) is 12.2. The van der Waals surface area contributed by atoms with E-state index >= 15 is 0 Å². The Labute approximate surface area is 112 Å². The number of hydrogen-bond donors (Lipinski definition) is 0. The fourth-order valence-electron chi connectivity index (χ4n) is 1.41. The molecule has 0 aliphatic carbocycles. The molecule has 0 aliphatic rings. The average molecular weight is 268 g/mol. The molecule has 1 rings (SSSR count). The van der Waals surface area contributed by atoms with Gasteiger partial charge in [-0.1, -0.05) is 5.21 Å². The van der Waals surface area contributed by atoms with Crippen LogP contribution in [0.15, 0.2) is 6.20 Å². The van der Waals surface area contributed by atoms with Gasteiger partial charge in [0.1, 0.15) is 16.8 Å². The smallest absolute Gasteiger partial charge is 0.411 e. The summed E-state index contributed by atoms with van der Waals surface area (Å²) in [4.78, 5) is 24.7. The molecule has 1 heterocycles. The number of aromatic nitrogens is 3. The van der Waals surface area contributed by atoms with E-state index in [9.17, 15) is 9.59 Å². The first-order valence-electron chi connectivity index (χ1n) is 5.90. The second-order valence-electron chi connectivity index (χ2n) is 5.58. The van der Waals surface area contributed by atoms with E-state index < -0.39 is 17.2 Å². The summed E-state index contributed by atoms with van der Waals surface area (Å²) in [6.45, 7) is 6.88. The van der Waals surface area contributed by atoms with Crippen molar-refractivity contribution in [1.29, 1.82) is 0 Å². The van der Waals surface area contributed by atoms with Crippen molar-refractivity contribution in [2.45, 2.75) is 38.8 Å². The van der Waals surface area contributed by atoms with Crippen molar-refractivity contribution in [3.8, 4) is 0 Å². The number of aryl methyl sites for hydroxylation is 1. The number of rotatable bonds is 3. The number of nitrogens with zero attached hydrogens (tertiary/aromatic N) is 4. The average Bonchev–Trinajstić information content (AvgIpc) is 2.72. The van der Waals surface area contributed by atoms with E-state index in [1.54, 1.807) is 40.9 Å². The van der Waals surface area contributed by atoms with Crippen LogP contribution in [-0.2, 0) is 22.1 Å². The lowest BCUT2D eigenvalue weighted by Crippen LogP contribution is -2.48. The van der Waals surface area contributed by atoms with Crippen LogP contribution in [-0.4, -0.2) is 44.9 Å². The largest absolute Gasteiger partial charge is 0.444 e. The molecular formula is C12H20N4O3. The predicted molar refractivity (Wildman–Crippen MR) is 68.4 cm³/mol. The summed E-state index contributed by atoms with van der Waals surface area (Å²) in [5.41, 5.74) is -1.45. The lowest BCUT2D eigenvalue weighted by atomic mass is 9.99. The molecule has 1 amide bonds. The third-order valence-electron chi connectivity index (χ3n) is 2.71. The lowest BCUT2D eigenvalue weighted by molar-refractivity contribution is -0.117. The van der Waals surface area contributed by atoms with Gasteiger partial charge < -0.3 is 9.53 Å². The Kier molecular flexibility index (Phi) is 3.97. The Morgan fingerprint density at radius 2 is 2.00 bits per heavy atom. The highest BCUT2D eigenvalue weighted by molar-refractivity contribution is 5.77. The molecule has 19 heavy (non-hydrogen) atoms. The molecule has 106 valence electrons. The molecule has 0 aliphatic heterocycles. The molecule has 0 saturated carbocycles. The van der Waals surface area contributed by atoms with Crippen molar-refractivity contribution in [3.63, 3.8) is 0 Å². The summed E-state index contributed by atoms with van der Waals surface area (Å²) in [6, 6.07) is 0. The summed E-state index contributed by atoms with van der Waals surface area (Å²) in [7, 11) is 3.19. The standard InChI is InChI=1S/C12H20N4O3/c1-11(2,3)19-10(18)16(6)12(4,8-17)9-7-15(5)14-13-9/h7-8H,1-6H3. The predicted octanol–water partition coefficient (Wildman–Crippen LogP) is 1.10. The topological polar surface area (TPSA) is 77.3 Å². The quantitative estimate of drug-likeness (QED) is 0.767. The Morgan fingerprint density at radius 3 is 2.37 bits per heavy atom. The van der Waals surface area contributed by atoms with Crippen molar-refractivity contribution in [3.05, 3.63) is 11.9 Å². The summed E-state index contributed by atoms with van der Waals surface area (Å²) >= 11 is 0. The fourth-order valence-corrected chi connectivity index (χ4v) is 1.41. The van der Waals surface area contributed by atoms with Gasteiger partial charge in [-0.25, -0.2) is 4.79 Å². The van der Waals surface area contributed by atoms with E-state index in [1.165, 1.54) is 16.6 Å². The maximum absolute atomic E-state index is 12.0. The molecule has 1 atom stereocenters. The fraction of sp³-hybridized carbons (Fsp3) is 0.667. The van der Waals surface area contributed by atoms with Gasteiger partial charge in [0, 0.05) is 14.1 Å². The van der Waals surface area contributed by atoms with Gasteiger partial charge in [-0.05, 0) is 27.7 Å². The second-order valence-corrected chi connectivity index (χ2v) is 5.58. The Balaban J connectivity index is 3.02. The minimum absolute atomic E-state index is 0.387. The number of ether oxygens (including phenoxy) is 1. The van der Waals surface area contributed by atoms with E-state index in [4.69, 9.17) is 4.74 Å². The molecule has 1 aromatic heterocycles. The number of likely N-dealkylation sites (N-methyl/N-ethyl adjacent to an activating group) is 1. The van der Waals surface area contributed by atoms with Gasteiger partial charge in [-0.3, -0.25) is 9.58 Å². The maximum Gasteiger partial charge on any atom is 0.411 e. The van der Waals surface area contributed by atoms with E-state index in [1.807, 2.05) is 0 Å². The third-order valence-corrected chi connectivity index (χ3v) is 2.71. The van der Waals surface area contributed by atoms with Crippen molar-refractivity contribution in [2.75, 3.05) is 7.05 Å². The third kappa shape index (κ3) is 3.30. The molecule has 0 spiro atoms. The van der Waals surface area contributed by atoms with Gasteiger partial charge in [-0.2, -0.15) is 0 Å². The van der Waals surface area contributed by atoms with Gasteiger partial charge in [0.15, 0.2) is 6.29 Å². The van der Waals surface area contributed by atoms with Gasteiger partial charge in [0.05, 0.1) is 6.20 Å². The van der Waals surface area contributed by atoms with Gasteiger partial charge in [-0.15, -0.1) is 5.10 Å². The van der Waals surface area contributed by atoms with Crippen molar-refractivity contribution in [2.24, 2.45) is 7.05 Å². The highest BCUT2D eigenvalue weighted by Gasteiger charge is 2.39. The summed E-state index contributed by atoms with van der Waals surface area (Å²) in [5, 5.41) is 7.67. The Bertz CT molecular complexity index is 478. The first-order chi connectivity index (χ1) is 8.60. The lowest BCUT2D eigenvalue weighted by Gasteiger charge is -2.33. The first-order valence-corrected chi connectivity index (χ1v) is 5.90. The van der Waals surface area contributed by atoms with Crippen molar-refractivity contribution < 1.29 is 14.3 Å². The zero-order valence-corrected chi connectivity index (χ0v) is 12.2. The van der Waals surface area contributed by atoms with Gasteiger partial charge in [0.2, 0.25) is 0 Å². The van der Waals surface area contributed by atoms with Crippen LogP contribution in [0.5, 0.6) is 0 Å². The first kappa shape index (κ1) is 15.1. The highest BCUT2D eigenvalue weighted by atomic mass is 16.6. The summed E-state index contributed by atoms with van der Waals surface area (Å²) in [5.74, 6) is 0. The molecule has 7 nitrogen and oxygen atoms in total. The summed E-state index contributed by atoms with van der Waals surface area (Å²) in [6.07, 6.45) is 1.66. The SMILES string of the molecule is CN(C(=O)OC(C)(C)C)C(C)(C=O)c1cn(C)nn1. The molecule has 7 heteroatoms. The molecule has 1 aromatic rings. The molecule has 0 saturated heterocycles. The van der Waals surface area contributed by atoms with E-state index in [0.29, 0.717) is 12.0 Å². The van der Waals surface area contributed by atoms with Crippen LogP contribution in [0.1, 0.15) is 33.4 Å². The molecule has 0 N–H and O–H groups in total. The van der Waals surface area contributed by atoms with E-state index in [2.05, 4.69) is 10.3 Å². The molecule has 1 unspecified atom stereocenters. The van der Waals surface area contributed by atoms with Crippen molar-refractivity contribution >= 4 is 12.4 Å². The maximum atomic E-state index is 12.0. The Hall–Kier alpha value is -1.92. The van der Waals surface area contributed by atoms with Crippen LogP contribution < -0.4 is 0 Å². The molecular weight excluding hydrogens is 248 g/mol. The van der Waals surface area contributed by atoms with E-state index in [-0.39, 0.29) is 0 Å². The molecule has 0 fully saturated rings. The molecule has 0 bridgehead atoms. The summed E-state index contributed by atoms with van der Waals surface area (Å²) < 4.78 is 6.72. The number of carbonyl (C=O) groups excluding carboxylic acids is 2. The minimum atomic E-state index is -1.21. The number of amides is 1. The normalized spacial score (nSPS) is 14.6. The van der Waals surface area contributed by atoms with Crippen LogP contribution in [0.3, 0.4) is 0 Å². The second kappa shape index (κ2) is 4.99. The van der Waals surface area contributed by atoms with Crippen LogP contribution in [0.4, 0.5) is 4.79 Å². The number of carbonyl (C=O) groups is 2.